The zero-order valence-corrected chi connectivity index (χ0v) is 10.7. The normalized spacial score (nSPS) is 12.0. The number of amidine groups is 1. The molecule has 1 heterocycles. The molecule has 0 aliphatic rings. The molecule has 18 heavy (non-hydrogen) atoms. The van der Waals surface area contributed by atoms with Crippen LogP contribution in [0.2, 0.25) is 0 Å². The second kappa shape index (κ2) is 5.18. The van der Waals surface area contributed by atoms with Gasteiger partial charge >= 0.3 is 0 Å². The summed E-state index contributed by atoms with van der Waals surface area (Å²) in [5, 5.41) is 0.572. The number of aliphatic imine (C=N–C) groups is 1. The molecule has 0 saturated carbocycles. The number of benzene rings is 1. The van der Waals surface area contributed by atoms with Gasteiger partial charge in [-0.2, -0.15) is 0 Å². The van der Waals surface area contributed by atoms with Gasteiger partial charge in [0.25, 0.3) is 5.56 Å². The van der Waals surface area contributed by atoms with Gasteiger partial charge < -0.3 is 5.73 Å². The monoisotopic (exact) mass is 264 g/mol. The molecule has 94 valence electrons. The van der Waals surface area contributed by atoms with Crippen LogP contribution in [0, 0.1) is 0 Å². The fraction of sp³-hybridized carbons (Fsp3) is 0.250. The van der Waals surface area contributed by atoms with Crippen molar-refractivity contribution in [2.75, 3.05) is 5.88 Å². The van der Waals surface area contributed by atoms with E-state index in [0.717, 1.165) is 0 Å². The standard InChI is InChI=1S/C12H13ClN4O/c1-2-17-7-15-10-5-8(16-11(14)6-13)3-4-9(10)12(17)18/h3-5,7H,2,6H2,1H3,(H2,14,16). The molecule has 1 aromatic carbocycles. The van der Waals surface area contributed by atoms with Gasteiger partial charge in [0.05, 0.1) is 28.8 Å². The number of fused-ring (bicyclic) bond motifs is 1. The molecule has 0 aliphatic carbocycles. The summed E-state index contributed by atoms with van der Waals surface area (Å²) in [6, 6.07) is 5.15. The molecule has 0 radical (unpaired) electrons. The van der Waals surface area contributed by atoms with Crippen LogP contribution in [0.5, 0.6) is 0 Å². The van der Waals surface area contributed by atoms with Gasteiger partial charge in [-0.3, -0.25) is 9.36 Å². The van der Waals surface area contributed by atoms with Gasteiger partial charge in [-0.1, -0.05) is 0 Å². The lowest BCUT2D eigenvalue weighted by molar-refractivity contribution is 0.717. The molecule has 5 nitrogen and oxygen atoms in total. The molecule has 0 spiro atoms. The highest BCUT2D eigenvalue weighted by atomic mass is 35.5. The van der Waals surface area contributed by atoms with Crippen LogP contribution in [0.15, 0.2) is 34.3 Å². The van der Waals surface area contributed by atoms with Crippen molar-refractivity contribution in [1.82, 2.24) is 9.55 Å². The Morgan fingerprint density at radius 3 is 3.00 bits per heavy atom. The Labute approximate surface area is 109 Å². The fourth-order valence-corrected chi connectivity index (χ4v) is 1.70. The van der Waals surface area contributed by atoms with E-state index in [-0.39, 0.29) is 11.4 Å². The van der Waals surface area contributed by atoms with Gasteiger partial charge in [0.2, 0.25) is 0 Å². The Bertz CT molecular complexity index is 663. The first-order valence-electron chi connectivity index (χ1n) is 5.54. The van der Waals surface area contributed by atoms with E-state index in [4.69, 9.17) is 17.3 Å². The third-order valence-electron chi connectivity index (χ3n) is 2.56. The van der Waals surface area contributed by atoms with E-state index in [2.05, 4.69) is 9.98 Å². The Balaban J connectivity index is 2.58. The first kappa shape index (κ1) is 12.6. The first-order valence-corrected chi connectivity index (χ1v) is 6.07. The van der Waals surface area contributed by atoms with Gasteiger partial charge in [-0.25, -0.2) is 9.98 Å². The summed E-state index contributed by atoms with van der Waals surface area (Å²) in [6.07, 6.45) is 1.53. The molecule has 2 N–H and O–H groups in total. The van der Waals surface area contributed by atoms with E-state index in [0.29, 0.717) is 29.0 Å². The molecule has 0 saturated heterocycles. The molecule has 0 aliphatic heterocycles. The fourth-order valence-electron chi connectivity index (χ4n) is 1.64. The molecule has 6 heteroatoms. The zero-order chi connectivity index (χ0) is 13.1. The highest BCUT2D eigenvalue weighted by Gasteiger charge is 2.03. The Morgan fingerprint density at radius 1 is 1.56 bits per heavy atom. The van der Waals surface area contributed by atoms with Gasteiger partial charge in [-0.05, 0) is 25.1 Å². The summed E-state index contributed by atoms with van der Waals surface area (Å²) in [7, 11) is 0. The summed E-state index contributed by atoms with van der Waals surface area (Å²) in [5.41, 5.74) is 6.75. The van der Waals surface area contributed by atoms with Crippen LogP contribution in [0.4, 0.5) is 5.69 Å². The van der Waals surface area contributed by atoms with Crippen LogP contribution >= 0.6 is 11.6 Å². The lowest BCUT2D eigenvalue weighted by atomic mass is 10.2. The number of aryl methyl sites for hydroxylation is 1. The van der Waals surface area contributed by atoms with Gasteiger partial charge in [0.1, 0.15) is 5.84 Å². The number of aromatic nitrogens is 2. The second-order valence-electron chi connectivity index (χ2n) is 3.77. The summed E-state index contributed by atoms with van der Waals surface area (Å²) in [4.78, 5) is 20.3. The van der Waals surface area contributed by atoms with Gasteiger partial charge in [0, 0.05) is 6.54 Å². The number of nitrogens with two attached hydrogens (primary N) is 1. The maximum atomic E-state index is 12.0. The SMILES string of the molecule is CCn1cnc2cc(N=C(N)CCl)ccc2c1=O. The van der Waals surface area contributed by atoms with E-state index in [1.54, 1.807) is 22.8 Å². The number of nitrogens with zero attached hydrogens (tertiary/aromatic N) is 3. The van der Waals surface area contributed by atoms with Crippen molar-refractivity contribution in [2.45, 2.75) is 13.5 Å². The van der Waals surface area contributed by atoms with E-state index < -0.39 is 0 Å². The molecule has 1 aromatic heterocycles. The molecule has 0 amide bonds. The topological polar surface area (TPSA) is 73.3 Å². The van der Waals surface area contributed by atoms with Crippen molar-refractivity contribution < 1.29 is 0 Å². The lowest BCUT2D eigenvalue weighted by Crippen LogP contribution is -2.19. The van der Waals surface area contributed by atoms with Crippen molar-refractivity contribution in [1.29, 1.82) is 0 Å². The highest BCUT2D eigenvalue weighted by Crippen LogP contribution is 2.17. The van der Waals surface area contributed by atoms with Crippen LogP contribution < -0.4 is 11.3 Å². The van der Waals surface area contributed by atoms with E-state index in [1.165, 1.54) is 6.33 Å². The summed E-state index contributed by atoms with van der Waals surface area (Å²) in [5.74, 6) is 0.501. The van der Waals surface area contributed by atoms with Crippen molar-refractivity contribution in [3.05, 3.63) is 34.9 Å². The third kappa shape index (κ3) is 2.36. The predicted octanol–water partition coefficient (Wildman–Crippen LogP) is 1.64. The minimum absolute atomic E-state index is 0.0525. The number of hydrogen-bond acceptors (Lipinski definition) is 3. The molecular formula is C12H13ClN4O. The van der Waals surface area contributed by atoms with Crippen LogP contribution in [-0.4, -0.2) is 21.3 Å². The van der Waals surface area contributed by atoms with Crippen LogP contribution in [-0.2, 0) is 6.54 Å². The third-order valence-corrected chi connectivity index (χ3v) is 2.83. The van der Waals surface area contributed by atoms with Crippen molar-refractivity contribution in [3.63, 3.8) is 0 Å². The molecule has 0 atom stereocenters. The average molecular weight is 265 g/mol. The minimum Gasteiger partial charge on any atom is -0.386 e. The quantitative estimate of drug-likeness (QED) is 0.520. The zero-order valence-electron chi connectivity index (χ0n) is 9.93. The summed E-state index contributed by atoms with van der Waals surface area (Å²) >= 11 is 5.56. The maximum Gasteiger partial charge on any atom is 0.261 e. The predicted molar refractivity (Wildman–Crippen MR) is 73.7 cm³/mol. The lowest BCUT2D eigenvalue weighted by Gasteiger charge is -2.03. The average Bonchev–Trinajstić information content (AvgIpc) is 2.39. The number of halogens is 1. The largest absolute Gasteiger partial charge is 0.386 e. The van der Waals surface area contributed by atoms with Crippen molar-refractivity contribution in [2.24, 2.45) is 10.7 Å². The van der Waals surface area contributed by atoms with Crippen molar-refractivity contribution >= 4 is 34.0 Å². The number of rotatable bonds is 3. The Morgan fingerprint density at radius 2 is 2.33 bits per heavy atom. The van der Waals surface area contributed by atoms with Gasteiger partial charge in [0.15, 0.2) is 0 Å². The maximum absolute atomic E-state index is 12.0. The number of alkyl halides is 1. The highest BCUT2D eigenvalue weighted by molar-refractivity contribution is 6.28. The molecule has 0 bridgehead atoms. The Kier molecular flexibility index (Phi) is 3.62. The van der Waals surface area contributed by atoms with E-state index >= 15 is 0 Å². The van der Waals surface area contributed by atoms with Crippen LogP contribution in [0.25, 0.3) is 10.9 Å². The minimum atomic E-state index is -0.0525. The number of hydrogen-bond donors (Lipinski definition) is 1. The second-order valence-corrected chi connectivity index (χ2v) is 4.04. The molecular weight excluding hydrogens is 252 g/mol. The van der Waals surface area contributed by atoms with Crippen molar-refractivity contribution in [3.8, 4) is 0 Å². The summed E-state index contributed by atoms with van der Waals surface area (Å²) in [6.45, 7) is 2.50. The van der Waals surface area contributed by atoms with Crippen LogP contribution in [0.3, 0.4) is 0 Å². The summed E-state index contributed by atoms with van der Waals surface area (Å²) < 4.78 is 1.55. The van der Waals surface area contributed by atoms with E-state index in [1.807, 2.05) is 6.92 Å². The van der Waals surface area contributed by atoms with Gasteiger partial charge in [-0.15, -0.1) is 11.6 Å². The molecule has 0 fully saturated rings. The van der Waals surface area contributed by atoms with Crippen LogP contribution in [0.1, 0.15) is 6.92 Å². The Hall–Kier alpha value is -1.88. The molecule has 2 rings (SSSR count). The first-order chi connectivity index (χ1) is 8.65. The molecule has 0 unspecified atom stereocenters. The smallest absolute Gasteiger partial charge is 0.261 e. The molecule has 2 aromatic rings. The van der Waals surface area contributed by atoms with E-state index in [9.17, 15) is 4.79 Å².